The van der Waals surface area contributed by atoms with Crippen LogP contribution in [0, 0.1) is 0 Å². The summed E-state index contributed by atoms with van der Waals surface area (Å²) >= 11 is 0. The largest absolute Gasteiger partial charge is 0.340 e. The molecule has 1 saturated heterocycles. The number of aryl methyl sites for hydroxylation is 1. The Morgan fingerprint density at radius 3 is 2.55 bits per heavy atom. The number of fused-ring (bicyclic) bond motifs is 1. The van der Waals surface area contributed by atoms with Crippen LogP contribution in [0.5, 0.6) is 0 Å². The van der Waals surface area contributed by atoms with E-state index in [0.717, 1.165) is 45.8 Å². The fourth-order valence-corrected chi connectivity index (χ4v) is 3.43. The first kappa shape index (κ1) is 15.5. The number of nitrogens with zero attached hydrogens (tertiary/aromatic N) is 3. The second kappa shape index (κ2) is 7.25. The van der Waals surface area contributed by atoms with Gasteiger partial charge in [-0.05, 0) is 37.6 Å². The summed E-state index contributed by atoms with van der Waals surface area (Å²) < 4.78 is 0. The molecule has 0 unspecified atom stereocenters. The Morgan fingerprint density at radius 2 is 1.77 bits per heavy atom. The first-order valence-electron chi connectivity index (χ1n) is 8.48. The summed E-state index contributed by atoms with van der Waals surface area (Å²) in [6.45, 7) is 6.76. The van der Waals surface area contributed by atoms with Gasteiger partial charge in [-0.15, -0.1) is 0 Å². The molecule has 0 bridgehead atoms. The summed E-state index contributed by atoms with van der Waals surface area (Å²) in [5.41, 5.74) is 2.92. The number of carbonyl (C=O) groups excluding carboxylic acids is 1. The molecule has 4 heteroatoms. The average Bonchev–Trinajstić information content (AvgIpc) is 2.75. The zero-order valence-electron chi connectivity index (χ0n) is 13.6. The Hall–Kier alpha value is -1.39. The summed E-state index contributed by atoms with van der Waals surface area (Å²) in [5, 5.41) is 0. The van der Waals surface area contributed by atoms with Crippen LogP contribution in [-0.4, -0.2) is 66.9 Å². The van der Waals surface area contributed by atoms with Crippen molar-refractivity contribution in [2.45, 2.75) is 25.8 Å². The Kier molecular flexibility index (Phi) is 5.11. The highest BCUT2D eigenvalue weighted by Crippen LogP contribution is 2.18. The van der Waals surface area contributed by atoms with Crippen LogP contribution in [0.1, 0.15) is 24.0 Å². The van der Waals surface area contributed by atoms with Crippen LogP contribution in [0.15, 0.2) is 24.3 Å². The van der Waals surface area contributed by atoms with Crippen LogP contribution in [-0.2, 0) is 17.8 Å². The van der Waals surface area contributed by atoms with Gasteiger partial charge in [0.25, 0.3) is 0 Å². The highest BCUT2D eigenvalue weighted by atomic mass is 16.2. The second-order valence-electron chi connectivity index (χ2n) is 6.58. The van der Waals surface area contributed by atoms with E-state index in [0.29, 0.717) is 12.3 Å². The first-order valence-corrected chi connectivity index (χ1v) is 8.48. The number of rotatable bonds is 3. The second-order valence-corrected chi connectivity index (χ2v) is 6.58. The van der Waals surface area contributed by atoms with Crippen LogP contribution >= 0.6 is 0 Å². The van der Waals surface area contributed by atoms with Gasteiger partial charge in [-0.1, -0.05) is 24.3 Å². The lowest BCUT2D eigenvalue weighted by atomic mass is 10.0. The fourth-order valence-electron chi connectivity index (χ4n) is 3.43. The third-order valence-electron chi connectivity index (χ3n) is 4.93. The molecule has 22 heavy (non-hydrogen) atoms. The van der Waals surface area contributed by atoms with Crippen molar-refractivity contribution in [2.75, 3.05) is 46.3 Å². The lowest BCUT2D eigenvalue weighted by Crippen LogP contribution is -2.47. The molecule has 1 fully saturated rings. The Labute approximate surface area is 133 Å². The standard InChI is InChI=1S/C18H27N3O/c1-19-11-13-21(14-12-19)18(22)8-10-20-9-4-7-16-5-2-3-6-17(16)15-20/h2-3,5-6H,4,7-15H2,1H3. The van der Waals surface area contributed by atoms with E-state index >= 15 is 0 Å². The molecule has 0 aliphatic carbocycles. The molecular formula is C18H27N3O. The quantitative estimate of drug-likeness (QED) is 0.848. The smallest absolute Gasteiger partial charge is 0.223 e. The molecule has 120 valence electrons. The van der Waals surface area contributed by atoms with Crippen molar-refractivity contribution >= 4 is 5.91 Å². The van der Waals surface area contributed by atoms with E-state index < -0.39 is 0 Å². The molecule has 1 aromatic carbocycles. The molecule has 0 saturated carbocycles. The molecule has 0 radical (unpaired) electrons. The Bertz CT molecular complexity index is 509. The molecule has 2 aliphatic rings. The van der Waals surface area contributed by atoms with E-state index in [1.807, 2.05) is 4.90 Å². The summed E-state index contributed by atoms with van der Waals surface area (Å²) in [4.78, 5) is 19.1. The molecule has 4 nitrogen and oxygen atoms in total. The van der Waals surface area contributed by atoms with Crippen molar-refractivity contribution in [1.82, 2.24) is 14.7 Å². The number of piperazine rings is 1. The highest BCUT2D eigenvalue weighted by Gasteiger charge is 2.20. The third kappa shape index (κ3) is 3.87. The van der Waals surface area contributed by atoms with Crippen molar-refractivity contribution < 1.29 is 4.79 Å². The van der Waals surface area contributed by atoms with E-state index in [2.05, 4.69) is 41.1 Å². The van der Waals surface area contributed by atoms with Crippen molar-refractivity contribution in [1.29, 1.82) is 0 Å². The summed E-state index contributed by atoms with van der Waals surface area (Å²) in [7, 11) is 2.12. The van der Waals surface area contributed by atoms with E-state index in [-0.39, 0.29) is 0 Å². The maximum absolute atomic E-state index is 12.4. The summed E-state index contributed by atoms with van der Waals surface area (Å²) in [6, 6.07) is 8.73. The van der Waals surface area contributed by atoms with Crippen LogP contribution < -0.4 is 0 Å². The van der Waals surface area contributed by atoms with Crippen LogP contribution in [0.3, 0.4) is 0 Å². The maximum atomic E-state index is 12.4. The number of likely N-dealkylation sites (N-methyl/N-ethyl adjacent to an activating group) is 1. The molecule has 0 aromatic heterocycles. The molecule has 2 aliphatic heterocycles. The monoisotopic (exact) mass is 301 g/mol. The predicted octanol–water partition coefficient (Wildman–Crippen LogP) is 1.60. The van der Waals surface area contributed by atoms with Gasteiger partial charge in [-0.25, -0.2) is 0 Å². The van der Waals surface area contributed by atoms with Gasteiger partial charge in [-0.3, -0.25) is 9.69 Å². The normalized spacial score (nSPS) is 20.5. The Balaban J connectivity index is 1.50. The number of benzene rings is 1. The van der Waals surface area contributed by atoms with Gasteiger partial charge in [0.05, 0.1) is 0 Å². The van der Waals surface area contributed by atoms with E-state index in [1.54, 1.807) is 0 Å². The lowest BCUT2D eigenvalue weighted by molar-refractivity contribution is -0.133. The molecule has 1 aromatic rings. The molecule has 0 N–H and O–H groups in total. The van der Waals surface area contributed by atoms with Gasteiger partial charge in [0.15, 0.2) is 0 Å². The highest BCUT2D eigenvalue weighted by molar-refractivity contribution is 5.76. The topological polar surface area (TPSA) is 26.8 Å². The van der Waals surface area contributed by atoms with Crippen LogP contribution in [0.2, 0.25) is 0 Å². The minimum absolute atomic E-state index is 0.325. The van der Waals surface area contributed by atoms with Crippen LogP contribution in [0.4, 0.5) is 0 Å². The van der Waals surface area contributed by atoms with Crippen molar-refractivity contribution in [2.24, 2.45) is 0 Å². The SMILES string of the molecule is CN1CCN(C(=O)CCN2CCCc3ccccc3C2)CC1. The van der Waals surface area contributed by atoms with Gasteiger partial charge in [-0.2, -0.15) is 0 Å². The lowest BCUT2D eigenvalue weighted by Gasteiger charge is -2.33. The number of carbonyl (C=O) groups is 1. The van der Waals surface area contributed by atoms with Crippen molar-refractivity contribution in [3.63, 3.8) is 0 Å². The third-order valence-corrected chi connectivity index (χ3v) is 4.93. The van der Waals surface area contributed by atoms with Gasteiger partial charge in [0.1, 0.15) is 0 Å². The minimum atomic E-state index is 0.325. The molecule has 2 heterocycles. The van der Waals surface area contributed by atoms with Gasteiger partial charge >= 0.3 is 0 Å². The number of hydrogen-bond donors (Lipinski definition) is 0. The molecule has 3 rings (SSSR count). The summed E-state index contributed by atoms with van der Waals surface area (Å²) in [5.74, 6) is 0.325. The molecular weight excluding hydrogens is 274 g/mol. The first-order chi connectivity index (χ1) is 10.7. The Morgan fingerprint density at radius 1 is 1.05 bits per heavy atom. The van der Waals surface area contributed by atoms with Gasteiger partial charge < -0.3 is 9.80 Å². The van der Waals surface area contributed by atoms with Crippen molar-refractivity contribution in [3.05, 3.63) is 35.4 Å². The fraction of sp³-hybridized carbons (Fsp3) is 0.611. The zero-order valence-corrected chi connectivity index (χ0v) is 13.6. The maximum Gasteiger partial charge on any atom is 0.223 e. The molecule has 0 atom stereocenters. The van der Waals surface area contributed by atoms with E-state index in [9.17, 15) is 4.79 Å². The van der Waals surface area contributed by atoms with Crippen molar-refractivity contribution in [3.8, 4) is 0 Å². The van der Waals surface area contributed by atoms with Gasteiger partial charge in [0, 0.05) is 45.7 Å². The number of amides is 1. The molecule has 0 spiro atoms. The van der Waals surface area contributed by atoms with E-state index in [1.165, 1.54) is 24.0 Å². The number of hydrogen-bond acceptors (Lipinski definition) is 3. The average molecular weight is 301 g/mol. The van der Waals surface area contributed by atoms with E-state index in [4.69, 9.17) is 0 Å². The van der Waals surface area contributed by atoms with Gasteiger partial charge in [0.2, 0.25) is 5.91 Å². The minimum Gasteiger partial charge on any atom is -0.340 e. The summed E-state index contributed by atoms with van der Waals surface area (Å²) in [6.07, 6.45) is 3.02. The van der Waals surface area contributed by atoms with Crippen LogP contribution in [0.25, 0.3) is 0 Å². The zero-order chi connectivity index (χ0) is 15.4. The molecule has 1 amide bonds. The predicted molar refractivity (Wildman–Crippen MR) is 88.7 cm³/mol.